The number of rotatable bonds is 15. The van der Waals surface area contributed by atoms with Crippen LogP contribution in [-0.4, -0.2) is 40.3 Å². The van der Waals surface area contributed by atoms with Crippen LogP contribution in [0.25, 0.3) is 11.4 Å². The van der Waals surface area contributed by atoms with Gasteiger partial charge >= 0.3 is 0 Å². The van der Waals surface area contributed by atoms with Gasteiger partial charge < -0.3 is 10.2 Å². The fourth-order valence-corrected chi connectivity index (χ4v) is 3.47. The maximum atomic E-state index is 4.58. The Hall–Kier alpha value is -2.11. The fourth-order valence-electron chi connectivity index (χ4n) is 3.47. The summed E-state index contributed by atoms with van der Waals surface area (Å²) in [6.45, 7) is 6.49. The molecule has 0 aliphatic carbocycles. The molecule has 0 saturated carbocycles. The van der Waals surface area contributed by atoms with Crippen LogP contribution < -0.4 is 10.2 Å². The number of hydrogen-bond donors (Lipinski definition) is 2. The number of nitrogens with zero attached hydrogens (tertiary/aromatic N) is 4. The van der Waals surface area contributed by atoms with E-state index in [1.807, 2.05) is 19.3 Å². The molecule has 6 nitrogen and oxygen atoms in total. The SMILES string of the molecule is CCCCCCCCCCCCN(CC)c1cc(-c2nc(NC)n[nH]2)ccn1. The second kappa shape index (κ2) is 13.1. The number of aromatic amines is 1. The van der Waals surface area contributed by atoms with Gasteiger partial charge in [-0.15, -0.1) is 5.10 Å². The van der Waals surface area contributed by atoms with Gasteiger partial charge in [-0.2, -0.15) is 4.98 Å². The molecule has 0 amide bonds. The highest BCUT2D eigenvalue weighted by Crippen LogP contribution is 2.21. The molecule has 0 unspecified atom stereocenters. The molecule has 28 heavy (non-hydrogen) atoms. The van der Waals surface area contributed by atoms with Crippen molar-refractivity contribution in [1.82, 2.24) is 20.2 Å². The smallest absolute Gasteiger partial charge is 0.242 e. The van der Waals surface area contributed by atoms with Gasteiger partial charge in [0.15, 0.2) is 5.82 Å². The Morgan fingerprint density at radius 2 is 1.64 bits per heavy atom. The number of unbranched alkanes of at least 4 members (excludes halogenated alkanes) is 9. The Balaban J connectivity index is 1.72. The second-order valence-electron chi connectivity index (χ2n) is 7.42. The number of H-pyrrole nitrogens is 1. The molecule has 6 heteroatoms. The predicted octanol–water partition coefficient (Wildman–Crippen LogP) is 5.66. The molecule has 0 radical (unpaired) electrons. The topological polar surface area (TPSA) is 69.7 Å². The van der Waals surface area contributed by atoms with E-state index in [9.17, 15) is 0 Å². The lowest BCUT2D eigenvalue weighted by atomic mass is 10.1. The van der Waals surface area contributed by atoms with E-state index in [0.717, 1.165) is 30.3 Å². The minimum Gasteiger partial charge on any atom is -0.357 e. The van der Waals surface area contributed by atoms with Crippen LogP contribution in [0.1, 0.15) is 78.1 Å². The zero-order valence-corrected chi connectivity index (χ0v) is 18.0. The summed E-state index contributed by atoms with van der Waals surface area (Å²) in [5.41, 5.74) is 1.01. The lowest BCUT2D eigenvalue weighted by molar-refractivity contribution is 0.554. The first-order valence-corrected chi connectivity index (χ1v) is 11.1. The molecule has 0 aliphatic heterocycles. The van der Waals surface area contributed by atoms with Gasteiger partial charge in [0.2, 0.25) is 5.95 Å². The number of aromatic nitrogens is 4. The van der Waals surface area contributed by atoms with E-state index in [2.05, 4.69) is 50.3 Å². The van der Waals surface area contributed by atoms with E-state index in [0.29, 0.717) is 5.95 Å². The average Bonchev–Trinajstić information content (AvgIpc) is 3.22. The van der Waals surface area contributed by atoms with Gasteiger partial charge in [0.25, 0.3) is 0 Å². The zero-order valence-electron chi connectivity index (χ0n) is 18.0. The first-order valence-electron chi connectivity index (χ1n) is 11.1. The van der Waals surface area contributed by atoms with Crippen molar-refractivity contribution in [3.8, 4) is 11.4 Å². The molecule has 0 aromatic carbocycles. The van der Waals surface area contributed by atoms with Crippen LogP contribution >= 0.6 is 0 Å². The van der Waals surface area contributed by atoms with Gasteiger partial charge in [-0.3, -0.25) is 5.10 Å². The molecule has 2 aromatic rings. The van der Waals surface area contributed by atoms with E-state index >= 15 is 0 Å². The van der Waals surface area contributed by atoms with Gasteiger partial charge in [0.05, 0.1) is 0 Å². The summed E-state index contributed by atoms with van der Waals surface area (Å²) in [5, 5.41) is 10.1. The fraction of sp³-hybridized carbons (Fsp3) is 0.682. The molecule has 2 N–H and O–H groups in total. The molecule has 2 heterocycles. The zero-order chi connectivity index (χ0) is 20.0. The third kappa shape index (κ3) is 7.49. The molecule has 0 bridgehead atoms. The molecule has 0 aliphatic rings. The summed E-state index contributed by atoms with van der Waals surface area (Å²) in [4.78, 5) is 11.4. The van der Waals surface area contributed by atoms with Crippen LogP contribution in [0.5, 0.6) is 0 Å². The lowest BCUT2D eigenvalue weighted by Gasteiger charge is -2.22. The van der Waals surface area contributed by atoms with Crippen molar-refractivity contribution in [2.75, 3.05) is 30.4 Å². The van der Waals surface area contributed by atoms with Crippen molar-refractivity contribution in [2.45, 2.75) is 78.1 Å². The Kier molecular flexibility index (Phi) is 10.4. The van der Waals surface area contributed by atoms with Gasteiger partial charge in [-0.25, -0.2) is 4.98 Å². The van der Waals surface area contributed by atoms with Gasteiger partial charge in [-0.1, -0.05) is 64.7 Å². The van der Waals surface area contributed by atoms with Crippen LogP contribution in [0, 0.1) is 0 Å². The van der Waals surface area contributed by atoms with Crippen molar-refractivity contribution in [1.29, 1.82) is 0 Å². The van der Waals surface area contributed by atoms with Gasteiger partial charge in [0, 0.05) is 31.9 Å². The van der Waals surface area contributed by atoms with Crippen LogP contribution in [0.2, 0.25) is 0 Å². The largest absolute Gasteiger partial charge is 0.357 e. The highest BCUT2D eigenvalue weighted by molar-refractivity contribution is 5.60. The lowest BCUT2D eigenvalue weighted by Crippen LogP contribution is -2.24. The number of pyridine rings is 1. The molecule has 0 spiro atoms. The highest BCUT2D eigenvalue weighted by atomic mass is 15.3. The molecule has 0 atom stereocenters. The van der Waals surface area contributed by atoms with Crippen molar-refractivity contribution in [3.05, 3.63) is 18.3 Å². The Morgan fingerprint density at radius 1 is 0.964 bits per heavy atom. The van der Waals surface area contributed by atoms with Gasteiger partial charge in [0.1, 0.15) is 5.82 Å². The van der Waals surface area contributed by atoms with Gasteiger partial charge in [-0.05, 0) is 25.5 Å². The molecule has 0 fully saturated rings. The number of anilines is 2. The number of nitrogens with one attached hydrogen (secondary N) is 2. The second-order valence-corrected chi connectivity index (χ2v) is 7.42. The van der Waals surface area contributed by atoms with E-state index in [1.54, 1.807) is 0 Å². The monoisotopic (exact) mass is 386 g/mol. The van der Waals surface area contributed by atoms with Crippen LogP contribution in [-0.2, 0) is 0 Å². The van der Waals surface area contributed by atoms with Crippen molar-refractivity contribution in [3.63, 3.8) is 0 Å². The first-order chi connectivity index (χ1) is 13.8. The Labute approximate surface area is 170 Å². The summed E-state index contributed by atoms with van der Waals surface area (Å²) < 4.78 is 0. The van der Waals surface area contributed by atoms with Crippen molar-refractivity contribution in [2.24, 2.45) is 0 Å². The Morgan fingerprint density at radius 3 is 2.25 bits per heavy atom. The first kappa shape index (κ1) is 22.2. The average molecular weight is 387 g/mol. The molecule has 156 valence electrons. The molecular formula is C22H38N6. The normalized spacial score (nSPS) is 11.0. The van der Waals surface area contributed by atoms with Crippen LogP contribution in [0.4, 0.5) is 11.8 Å². The standard InChI is InChI=1S/C22H38N6/c1-4-6-7-8-9-10-11-12-13-14-17-28(5-2)20-18-19(15-16-24-20)21-25-22(23-3)27-26-21/h15-16,18H,4-14,17H2,1-3H3,(H2,23,25,26,27). The van der Waals surface area contributed by atoms with Crippen LogP contribution in [0.3, 0.4) is 0 Å². The third-order valence-corrected chi connectivity index (χ3v) is 5.22. The summed E-state index contributed by atoms with van der Waals surface area (Å²) in [5.74, 6) is 2.38. The molecule has 2 aromatic heterocycles. The summed E-state index contributed by atoms with van der Waals surface area (Å²) in [6, 6.07) is 4.07. The van der Waals surface area contributed by atoms with E-state index < -0.39 is 0 Å². The predicted molar refractivity (Wildman–Crippen MR) is 119 cm³/mol. The summed E-state index contributed by atoms with van der Waals surface area (Å²) in [6.07, 6.45) is 15.5. The minimum absolute atomic E-state index is 0.603. The quantitative estimate of drug-likeness (QED) is 0.387. The van der Waals surface area contributed by atoms with E-state index in [-0.39, 0.29) is 0 Å². The van der Waals surface area contributed by atoms with Crippen molar-refractivity contribution < 1.29 is 0 Å². The Bertz CT molecular complexity index is 654. The third-order valence-electron chi connectivity index (χ3n) is 5.22. The maximum absolute atomic E-state index is 4.58. The van der Waals surface area contributed by atoms with Crippen molar-refractivity contribution >= 4 is 11.8 Å². The molecular weight excluding hydrogens is 348 g/mol. The van der Waals surface area contributed by atoms with E-state index in [1.165, 1.54) is 64.2 Å². The minimum atomic E-state index is 0.603. The highest BCUT2D eigenvalue weighted by Gasteiger charge is 2.10. The number of hydrogen-bond acceptors (Lipinski definition) is 5. The maximum Gasteiger partial charge on any atom is 0.242 e. The molecule has 0 saturated heterocycles. The molecule has 2 rings (SSSR count). The summed E-state index contributed by atoms with van der Waals surface area (Å²) in [7, 11) is 1.82. The van der Waals surface area contributed by atoms with Crippen LogP contribution in [0.15, 0.2) is 18.3 Å². The van der Waals surface area contributed by atoms with E-state index in [4.69, 9.17) is 0 Å². The summed E-state index contributed by atoms with van der Waals surface area (Å²) >= 11 is 0.